The SMILES string of the molecule is CCCCC1CCc2cc(O)c(C)cc2S1. The average molecular weight is 236 g/mol. The highest BCUT2D eigenvalue weighted by molar-refractivity contribution is 8.00. The lowest BCUT2D eigenvalue weighted by molar-refractivity contribution is 0.469. The van der Waals surface area contributed by atoms with Crippen LogP contribution in [0.25, 0.3) is 0 Å². The lowest BCUT2D eigenvalue weighted by Gasteiger charge is -2.24. The van der Waals surface area contributed by atoms with Crippen LogP contribution >= 0.6 is 11.8 Å². The number of fused-ring (bicyclic) bond motifs is 1. The van der Waals surface area contributed by atoms with Crippen molar-refractivity contribution in [3.63, 3.8) is 0 Å². The van der Waals surface area contributed by atoms with Crippen molar-refractivity contribution in [1.82, 2.24) is 0 Å². The molecule has 0 radical (unpaired) electrons. The molecule has 1 atom stereocenters. The van der Waals surface area contributed by atoms with Gasteiger partial charge in [-0.05, 0) is 49.4 Å². The van der Waals surface area contributed by atoms with Gasteiger partial charge in [-0.25, -0.2) is 0 Å². The fourth-order valence-electron chi connectivity index (χ4n) is 2.21. The molecule has 16 heavy (non-hydrogen) atoms. The first-order valence-corrected chi connectivity index (χ1v) is 7.07. The number of benzene rings is 1. The molecule has 0 fully saturated rings. The highest BCUT2D eigenvalue weighted by Crippen LogP contribution is 2.39. The highest BCUT2D eigenvalue weighted by Gasteiger charge is 2.19. The Hall–Kier alpha value is -0.630. The second-order valence-corrected chi connectivity index (χ2v) is 6.01. The molecule has 1 aromatic rings. The number of thioether (sulfide) groups is 1. The van der Waals surface area contributed by atoms with Crippen molar-refractivity contribution in [2.75, 3.05) is 0 Å². The van der Waals surface area contributed by atoms with E-state index in [9.17, 15) is 5.11 Å². The van der Waals surface area contributed by atoms with E-state index in [4.69, 9.17) is 0 Å². The van der Waals surface area contributed by atoms with Crippen LogP contribution in [0.5, 0.6) is 5.75 Å². The van der Waals surface area contributed by atoms with Gasteiger partial charge >= 0.3 is 0 Å². The van der Waals surface area contributed by atoms with E-state index in [0.717, 1.165) is 17.2 Å². The van der Waals surface area contributed by atoms with Crippen molar-refractivity contribution in [2.24, 2.45) is 0 Å². The molecule has 1 unspecified atom stereocenters. The molecule has 1 aromatic carbocycles. The van der Waals surface area contributed by atoms with Gasteiger partial charge in [0.2, 0.25) is 0 Å². The van der Waals surface area contributed by atoms with Crippen molar-refractivity contribution < 1.29 is 5.11 Å². The zero-order valence-electron chi connectivity index (χ0n) is 10.1. The van der Waals surface area contributed by atoms with Gasteiger partial charge in [-0.3, -0.25) is 0 Å². The third-order valence-electron chi connectivity index (χ3n) is 3.29. The van der Waals surface area contributed by atoms with Gasteiger partial charge in [0.05, 0.1) is 0 Å². The van der Waals surface area contributed by atoms with Crippen LogP contribution in [0, 0.1) is 6.92 Å². The minimum atomic E-state index is 0.450. The van der Waals surface area contributed by atoms with Crippen molar-refractivity contribution in [3.05, 3.63) is 23.3 Å². The molecule has 0 saturated heterocycles. The van der Waals surface area contributed by atoms with E-state index >= 15 is 0 Å². The molecular weight excluding hydrogens is 216 g/mol. The Morgan fingerprint density at radius 2 is 2.25 bits per heavy atom. The van der Waals surface area contributed by atoms with E-state index in [-0.39, 0.29) is 0 Å². The number of phenols is 1. The minimum absolute atomic E-state index is 0.450. The molecule has 1 aliphatic heterocycles. The Kier molecular flexibility index (Phi) is 3.80. The first-order chi connectivity index (χ1) is 7.70. The summed E-state index contributed by atoms with van der Waals surface area (Å²) in [5, 5.41) is 10.5. The zero-order valence-corrected chi connectivity index (χ0v) is 10.9. The lowest BCUT2D eigenvalue weighted by atomic mass is 10.0. The van der Waals surface area contributed by atoms with Crippen LogP contribution in [0.15, 0.2) is 17.0 Å². The molecule has 1 nitrogen and oxygen atoms in total. The van der Waals surface area contributed by atoms with E-state index in [1.165, 1.54) is 36.1 Å². The number of aryl methyl sites for hydroxylation is 2. The van der Waals surface area contributed by atoms with Gasteiger partial charge in [0.25, 0.3) is 0 Å². The Morgan fingerprint density at radius 1 is 1.44 bits per heavy atom. The third-order valence-corrected chi connectivity index (χ3v) is 4.73. The molecule has 0 amide bonds. The van der Waals surface area contributed by atoms with Crippen molar-refractivity contribution in [1.29, 1.82) is 0 Å². The Bertz CT molecular complexity index is 373. The molecule has 0 aromatic heterocycles. The van der Waals surface area contributed by atoms with Crippen LogP contribution in [0.1, 0.15) is 43.7 Å². The van der Waals surface area contributed by atoms with E-state index < -0.39 is 0 Å². The van der Waals surface area contributed by atoms with Gasteiger partial charge in [0.15, 0.2) is 0 Å². The number of hydrogen-bond acceptors (Lipinski definition) is 2. The first-order valence-electron chi connectivity index (χ1n) is 6.20. The van der Waals surface area contributed by atoms with Crippen molar-refractivity contribution in [2.45, 2.75) is 56.1 Å². The standard InChI is InChI=1S/C14H20OS/c1-3-4-5-12-7-6-11-9-13(15)10(2)8-14(11)16-12/h8-9,12,15H,3-7H2,1-2H3. The summed E-state index contributed by atoms with van der Waals surface area (Å²) in [4.78, 5) is 1.39. The molecular formula is C14H20OS. The van der Waals surface area contributed by atoms with Gasteiger partial charge in [-0.15, -0.1) is 11.8 Å². The Morgan fingerprint density at radius 3 is 3.00 bits per heavy atom. The average Bonchev–Trinajstić information content (AvgIpc) is 2.28. The number of hydrogen-bond donors (Lipinski definition) is 1. The Balaban J connectivity index is 2.11. The largest absolute Gasteiger partial charge is 0.508 e. The zero-order chi connectivity index (χ0) is 11.5. The lowest BCUT2D eigenvalue weighted by Crippen LogP contribution is -2.10. The summed E-state index contributed by atoms with van der Waals surface area (Å²) in [6.45, 7) is 4.23. The van der Waals surface area contributed by atoms with Crippen LogP contribution in [-0.2, 0) is 6.42 Å². The maximum Gasteiger partial charge on any atom is 0.118 e. The number of unbranched alkanes of at least 4 members (excludes halogenated alkanes) is 1. The smallest absolute Gasteiger partial charge is 0.118 e. The van der Waals surface area contributed by atoms with Gasteiger partial charge in [0, 0.05) is 10.1 Å². The van der Waals surface area contributed by atoms with Crippen LogP contribution in [-0.4, -0.2) is 10.4 Å². The molecule has 88 valence electrons. The van der Waals surface area contributed by atoms with Crippen LogP contribution in [0.2, 0.25) is 0 Å². The summed E-state index contributed by atoms with van der Waals surface area (Å²) in [6.07, 6.45) is 6.36. The van der Waals surface area contributed by atoms with Crippen molar-refractivity contribution >= 4 is 11.8 Å². The summed E-state index contributed by atoms with van der Waals surface area (Å²) < 4.78 is 0. The number of rotatable bonds is 3. The molecule has 0 spiro atoms. The van der Waals surface area contributed by atoms with E-state index in [1.807, 2.05) is 24.8 Å². The first kappa shape index (κ1) is 11.8. The van der Waals surface area contributed by atoms with Crippen LogP contribution < -0.4 is 0 Å². The molecule has 1 N–H and O–H groups in total. The van der Waals surface area contributed by atoms with E-state index in [1.54, 1.807) is 0 Å². The second kappa shape index (κ2) is 5.13. The monoisotopic (exact) mass is 236 g/mol. The molecule has 2 heteroatoms. The predicted molar refractivity (Wildman–Crippen MR) is 70.3 cm³/mol. The molecule has 0 bridgehead atoms. The minimum Gasteiger partial charge on any atom is -0.508 e. The molecule has 2 rings (SSSR count). The highest BCUT2D eigenvalue weighted by atomic mass is 32.2. The summed E-state index contributed by atoms with van der Waals surface area (Å²) in [6, 6.07) is 4.10. The predicted octanol–water partition coefficient (Wildman–Crippen LogP) is 4.30. The third kappa shape index (κ3) is 2.54. The maximum atomic E-state index is 9.67. The van der Waals surface area contributed by atoms with E-state index in [0.29, 0.717) is 5.75 Å². The quantitative estimate of drug-likeness (QED) is 0.844. The second-order valence-electron chi connectivity index (χ2n) is 4.67. The topological polar surface area (TPSA) is 20.2 Å². The maximum absolute atomic E-state index is 9.67. The molecule has 0 saturated carbocycles. The van der Waals surface area contributed by atoms with Crippen LogP contribution in [0.3, 0.4) is 0 Å². The summed E-state index contributed by atoms with van der Waals surface area (Å²) in [5.41, 5.74) is 2.34. The number of aromatic hydroxyl groups is 1. The summed E-state index contributed by atoms with van der Waals surface area (Å²) in [5.74, 6) is 0.450. The van der Waals surface area contributed by atoms with E-state index in [2.05, 4.69) is 13.0 Å². The summed E-state index contributed by atoms with van der Waals surface area (Å²) >= 11 is 2.01. The Labute approximate surface area is 102 Å². The molecule has 1 aliphatic rings. The van der Waals surface area contributed by atoms with Crippen LogP contribution in [0.4, 0.5) is 0 Å². The summed E-state index contributed by atoms with van der Waals surface area (Å²) in [7, 11) is 0. The van der Waals surface area contributed by atoms with Gasteiger partial charge in [0.1, 0.15) is 5.75 Å². The van der Waals surface area contributed by atoms with Gasteiger partial charge in [-0.1, -0.05) is 19.8 Å². The van der Waals surface area contributed by atoms with Gasteiger partial charge in [-0.2, -0.15) is 0 Å². The molecule has 0 aliphatic carbocycles. The fourth-order valence-corrected chi connectivity index (χ4v) is 3.64. The fraction of sp³-hybridized carbons (Fsp3) is 0.571. The van der Waals surface area contributed by atoms with Crippen molar-refractivity contribution in [3.8, 4) is 5.75 Å². The normalized spacial score (nSPS) is 19.5. The number of phenolic OH excluding ortho intramolecular Hbond substituents is 1. The van der Waals surface area contributed by atoms with Gasteiger partial charge < -0.3 is 5.11 Å². The molecule has 1 heterocycles.